The number of benzene rings is 1. The Morgan fingerprint density at radius 3 is 2.62 bits per heavy atom. The summed E-state index contributed by atoms with van der Waals surface area (Å²) in [6, 6.07) is 6.01. The lowest BCUT2D eigenvalue weighted by molar-refractivity contribution is -0.137. The van der Waals surface area contributed by atoms with Gasteiger partial charge in [0.1, 0.15) is 0 Å². The van der Waals surface area contributed by atoms with Crippen molar-refractivity contribution in [2.75, 3.05) is 0 Å². The molecule has 0 bridgehead atoms. The maximum absolute atomic E-state index is 13.9. The summed E-state index contributed by atoms with van der Waals surface area (Å²) >= 11 is 0. The van der Waals surface area contributed by atoms with E-state index in [0.29, 0.717) is 5.71 Å². The fourth-order valence-corrected chi connectivity index (χ4v) is 2.79. The molecular weight excluding hydrogens is 350 g/mol. The molecule has 26 heavy (non-hydrogen) atoms. The molecule has 136 valence electrons. The molecule has 0 spiro atoms. The van der Waals surface area contributed by atoms with Gasteiger partial charge in [0.2, 0.25) is 0 Å². The number of halogens is 4. The molecule has 4 nitrogen and oxygen atoms in total. The molecule has 0 N–H and O–H groups in total. The molecule has 1 aliphatic heterocycles. The summed E-state index contributed by atoms with van der Waals surface area (Å²) < 4.78 is 52.6. The second-order valence-electron chi connectivity index (χ2n) is 6.59. The third-order valence-corrected chi connectivity index (χ3v) is 4.11. The smallest absolute Gasteiger partial charge is 0.267 e. The van der Waals surface area contributed by atoms with Gasteiger partial charge in [-0.1, -0.05) is 12.1 Å². The number of amides is 1. The molecule has 0 unspecified atom stereocenters. The van der Waals surface area contributed by atoms with E-state index in [2.05, 4.69) is 10.1 Å². The van der Waals surface area contributed by atoms with E-state index in [1.165, 1.54) is 24.4 Å². The van der Waals surface area contributed by atoms with Crippen LogP contribution in [0.2, 0.25) is 0 Å². The summed E-state index contributed by atoms with van der Waals surface area (Å²) in [6.07, 6.45) is -2.02. The summed E-state index contributed by atoms with van der Waals surface area (Å²) in [5.41, 5.74) is -1.18. The van der Waals surface area contributed by atoms with Crippen LogP contribution in [-0.2, 0) is 6.18 Å². The fourth-order valence-electron chi connectivity index (χ4n) is 2.79. The number of carbonyl (C=O) groups excluding carboxylic acids is 1. The Balaban J connectivity index is 1.98. The first-order chi connectivity index (χ1) is 12.1. The summed E-state index contributed by atoms with van der Waals surface area (Å²) in [7, 11) is 0. The molecule has 1 amide bonds. The van der Waals surface area contributed by atoms with Crippen molar-refractivity contribution in [2.24, 2.45) is 5.10 Å². The third-order valence-electron chi connectivity index (χ3n) is 4.11. The zero-order valence-electron chi connectivity index (χ0n) is 14.0. The van der Waals surface area contributed by atoms with Gasteiger partial charge in [0, 0.05) is 12.6 Å². The van der Waals surface area contributed by atoms with Crippen molar-refractivity contribution in [2.45, 2.75) is 32.0 Å². The second-order valence-corrected chi connectivity index (χ2v) is 6.59. The summed E-state index contributed by atoms with van der Waals surface area (Å²) in [5.74, 6) is -1.45. The second kappa shape index (κ2) is 6.19. The first-order valence-electron chi connectivity index (χ1n) is 7.79. The van der Waals surface area contributed by atoms with Gasteiger partial charge in [0.05, 0.1) is 28.6 Å². The topological polar surface area (TPSA) is 45.6 Å². The maximum Gasteiger partial charge on any atom is 0.416 e. The van der Waals surface area contributed by atoms with E-state index < -0.39 is 29.0 Å². The zero-order chi connectivity index (χ0) is 19.1. The standard InChI is InChI=1S/C18H15F4N3O/c1-17(2)9-15(11-4-3-5-12(8-11)18(20,21)22)24-25(17)16(26)13-6-7-23-10-14(13)19/h3-8,10H,9H2,1-2H3. The number of alkyl halides is 3. The molecule has 3 rings (SSSR count). The van der Waals surface area contributed by atoms with E-state index in [0.717, 1.165) is 23.3 Å². The predicted octanol–water partition coefficient (Wildman–Crippen LogP) is 4.27. The van der Waals surface area contributed by atoms with Crippen molar-refractivity contribution >= 4 is 11.6 Å². The summed E-state index contributed by atoms with van der Waals surface area (Å²) in [5, 5.41) is 5.31. The van der Waals surface area contributed by atoms with Crippen LogP contribution < -0.4 is 0 Å². The number of pyridine rings is 1. The van der Waals surface area contributed by atoms with E-state index in [-0.39, 0.29) is 17.5 Å². The minimum absolute atomic E-state index is 0.192. The van der Waals surface area contributed by atoms with Gasteiger partial charge in [-0.25, -0.2) is 9.40 Å². The monoisotopic (exact) mass is 365 g/mol. The van der Waals surface area contributed by atoms with Crippen LogP contribution in [0.4, 0.5) is 17.6 Å². The van der Waals surface area contributed by atoms with Crippen LogP contribution in [0.1, 0.15) is 41.8 Å². The highest BCUT2D eigenvalue weighted by Gasteiger charge is 2.40. The number of rotatable bonds is 2. The van der Waals surface area contributed by atoms with E-state index >= 15 is 0 Å². The van der Waals surface area contributed by atoms with Gasteiger partial charge in [-0.2, -0.15) is 18.3 Å². The third kappa shape index (κ3) is 3.31. The zero-order valence-corrected chi connectivity index (χ0v) is 14.0. The van der Waals surface area contributed by atoms with Crippen molar-refractivity contribution in [1.29, 1.82) is 0 Å². The lowest BCUT2D eigenvalue weighted by Crippen LogP contribution is -2.41. The van der Waals surface area contributed by atoms with Crippen molar-refractivity contribution in [1.82, 2.24) is 9.99 Å². The normalized spacial score (nSPS) is 16.5. The predicted molar refractivity (Wildman–Crippen MR) is 87.0 cm³/mol. The highest BCUT2D eigenvalue weighted by Crippen LogP contribution is 2.34. The molecule has 2 aromatic rings. The van der Waals surface area contributed by atoms with Gasteiger partial charge < -0.3 is 0 Å². The average molecular weight is 365 g/mol. The molecular formula is C18H15F4N3O. The van der Waals surface area contributed by atoms with Crippen molar-refractivity contribution in [3.8, 4) is 0 Å². The lowest BCUT2D eigenvalue weighted by Gasteiger charge is -2.28. The van der Waals surface area contributed by atoms with E-state index in [4.69, 9.17) is 0 Å². The van der Waals surface area contributed by atoms with Crippen LogP contribution in [0.3, 0.4) is 0 Å². The Hall–Kier alpha value is -2.77. The Labute approximate surface area is 147 Å². The maximum atomic E-state index is 13.9. The summed E-state index contributed by atoms with van der Waals surface area (Å²) in [4.78, 5) is 16.3. The molecule has 1 aromatic heterocycles. The largest absolute Gasteiger partial charge is 0.416 e. The number of nitrogens with zero attached hydrogens (tertiary/aromatic N) is 3. The van der Waals surface area contributed by atoms with E-state index in [1.54, 1.807) is 13.8 Å². The number of hydrazone groups is 1. The Morgan fingerprint density at radius 2 is 1.96 bits per heavy atom. The molecule has 8 heteroatoms. The van der Waals surface area contributed by atoms with Crippen LogP contribution in [0.15, 0.2) is 47.8 Å². The molecule has 0 fully saturated rings. The summed E-state index contributed by atoms with van der Waals surface area (Å²) in [6.45, 7) is 3.43. The molecule has 2 heterocycles. The molecule has 1 aromatic carbocycles. The molecule has 0 saturated carbocycles. The molecule has 0 atom stereocenters. The Kier molecular flexibility index (Phi) is 4.29. The molecule has 0 saturated heterocycles. The Morgan fingerprint density at radius 1 is 1.23 bits per heavy atom. The average Bonchev–Trinajstić information content (AvgIpc) is 2.89. The SMILES string of the molecule is CC1(C)CC(c2cccc(C(F)(F)F)c2)=NN1C(=O)c1ccncc1F. The molecule has 0 aliphatic carbocycles. The highest BCUT2D eigenvalue weighted by atomic mass is 19.4. The quantitative estimate of drug-likeness (QED) is 0.746. The van der Waals surface area contributed by atoms with Crippen LogP contribution >= 0.6 is 0 Å². The minimum atomic E-state index is -4.47. The molecule has 1 aliphatic rings. The number of hydrogen-bond acceptors (Lipinski definition) is 3. The van der Waals surface area contributed by atoms with Crippen LogP contribution in [-0.4, -0.2) is 27.2 Å². The van der Waals surface area contributed by atoms with Gasteiger partial charge in [-0.15, -0.1) is 0 Å². The van der Waals surface area contributed by atoms with Gasteiger partial charge in [-0.05, 0) is 37.6 Å². The van der Waals surface area contributed by atoms with Gasteiger partial charge in [0.15, 0.2) is 5.82 Å². The van der Waals surface area contributed by atoms with Crippen LogP contribution in [0.25, 0.3) is 0 Å². The lowest BCUT2D eigenvalue weighted by atomic mass is 9.94. The van der Waals surface area contributed by atoms with Gasteiger partial charge in [0.25, 0.3) is 5.91 Å². The van der Waals surface area contributed by atoms with E-state index in [1.807, 2.05) is 0 Å². The number of aromatic nitrogens is 1. The van der Waals surface area contributed by atoms with Crippen molar-refractivity contribution in [3.63, 3.8) is 0 Å². The fraction of sp³-hybridized carbons (Fsp3) is 0.278. The number of hydrogen-bond donors (Lipinski definition) is 0. The Bertz CT molecular complexity index is 890. The van der Waals surface area contributed by atoms with Crippen LogP contribution in [0, 0.1) is 5.82 Å². The van der Waals surface area contributed by atoms with Gasteiger partial charge in [-0.3, -0.25) is 9.78 Å². The highest BCUT2D eigenvalue weighted by molar-refractivity contribution is 6.05. The molecule has 0 radical (unpaired) electrons. The number of carbonyl (C=O) groups is 1. The minimum Gasteiger partial charge on any atom is -0.267 e. The van der Waals surface area contributed by atoms with Crippen LogP contribution in [0.5, 0.6) is 0 Å². The van der Waals surface area contributed by atoms with E-state index in [9.17, 15) is 22.4 Å². The van der Waals surface area contributed by atoms with Crippen molar-refractivity contribution in [3.05, 3.63) is 65.2 Å². The first-order valence-corrected chi connectivity index (χ1v) is 7.79. The van der Waals surface area contributed by atoms with Gasteiger partial charge >= 0.3 is 6.18 Å². The van der Waals surface area contributed by atoms with Crippen molar-refractivity contribution < 1.29 is 22.4 Å². The first kappa shape index (κ1) is 18.0.